The third-order valence-corrected chi connectivity index (χ3v) is 7.09. The summed E-state index contributed by atoms with van der Waals surface area (Å²) < 4.78 is 8.84. The molecule has 184 valence electrons. The predicted octanol–water partition coefficient (Wildman–Crippen LogP) is 6.02. The number of hydrogen-bond acceptors (Lipinski definition) is 6. The van der Waals surface area contributed by atoms with Gasteiger partial charge >= 0.3 is 0 Å². The lowest BCUT2D eigenvalue weighted by molar-refractivity contribution is 0.116. The Kier molecular flexibility index (Phi) is 6.17. The first-order valence-corrected chi connectivity index (χ1v) is 12.6. The Morgan fingerprint density at radius 3 is 2.71 bits per heavy atom. The normalized spacial score (nSPS) is 20.7. The van der Waals surface area contributed by atoms with E-state index in [4.69, 9.17) is 14.7 Å². The average molecular weight is 473 g/mol. The van der Waals surface area contributed by atoms with Gasteiger partial charge in [-0.15, -0.1) is 0 Å². The minimum absolute atomic E-state index is 0.178. The van der Waals surface area contributed by atoms with Crippen molar-refractivity contribution in [2.75, 3.05) is 31.3 Å². The molecule has 1 aromatic carbocycles. The summed E-state index contributed by atoms with van der Waals surface area (Å²) >= 11 is 0. The number of aryl methyl sites for hydroxylation is 1. The van der Waals surface area contributed by atoms with Crippen molar-refractivity contribution in [3.63, 3.8) is 0 Å². The van der Waals surface area contributed by atoms with Gasteiger partial charge in [0.15, 0.2) is 5.88 Å². The third kappa shape index (κ3) is 4.47. The first-order chi connectivity index (χ1) is 16.9. The Morgan fingerprint density at radius 2 is 2.00 bits per heavy atom. The number of hydrogen-bond donors (Lipinski definition) is 2. The van der Waals surface area contributed by atoms with Crippen LogP contribution in [0.1, 0.15) is 62.5 Å². The molecule has 2 N–H and O–H groups in total. The zero-order valence-corrected chi connectivity index (χ0v) is 21.5. The number of pyridine rings is 1. The SMILES string of the molecule is C=C1Nc2nc3cc(NC)ccc3n2C(C)CCO/C(N(C)C2CC2)=C(/CC)c2cc1cc(C)n2. The zero-order valence-electron chi connectivity index (χ0n) is 21.5. The quantitative estimate of drug-likeness (QED) is 0.484. The number of aromatic nitrogens is 3. The van der Waals surface area contributed by atoms with E-state index in [0.717, 1.165) is 69.6 Å². The van der Waals surface area contributed by atoms with Crippen LogP contribution in [0.3, 0.4) is 0 Å². The molecule has 1 saturated carbocycles. The van der Waals surface area contributed by atoms with Gasteiger partial charge in [0.2, 0.25) is 5.95 Å². The van der Waals surface area contributed by atoms with Crippen molar-refractivity contribution >= 4 is 33.9 Å². The summed E-state index contributed by atoms with van der Waals surface area (Å²) in [5.74, 6) is 1.75. The molecule has 1 atom stereocenters. The molecule has 3 heterocycles. The van der Waals surface area contributed by atoms with Gasteiger partial charge in [-0.2, -0.15) is 0 Å². The molecule has 35 heavy (non-hydrogen) atoms. The van der Waals surface area contributed by atoms with E-state index in [9.17, 15) is 0 Å². The molecule has 7 heteroatoms. The molecule has 2 aromatic heterocycles. The molecule has 3 aromatic rings. The van der Waals surface area contributed by atoms with E-state index < -0.39 is 0 Å². The highest BCUT2D eigenvalue weighted by Crippen LogP contribution is 2.35. The Bertz CT molecular complexity index is 1300. The number of anilines is 2. The lowest BCUT2D eigenvalue weighted by Crippen LogP contribution is -2.24. The van der Waals surface area contributed by atoms with Crippen molar-refractivity contribution in [3.05, 3.63) is 59.7 Å². The summed E-state index contributed by atoms with van der Waals surface area (Å²) in [6.07, 6.45) is 4.12. The molecule has 0 radical (unpaired) electrons. The van der Waals surface area contributed by atoms with Gasteiger partial charge in [-0.1, -0.05) is 13.5 Å². The first-order valence-electron chi connectivity index (χ1n) is 12.6. The van der Waals surface area contributed by atoms with Gasteiger partial charge in [-0.25, -0.2) is 4.98 Å². The van der Waals surface area contributed by atoms with Crippen molar-refractivity contribution < 1.29 is 4.74 Å². The number of benzene rings is 1. The van der Waals surface area contributed by atoms with E-state index in [1.54, 1.807) is 0 Å². The maximum Gasteiger partial charge on any atom is 0.208 e. The van der Waals surface area contributed by atoms with Crippen molar-refractivity contribution in [3.8, 4) is 0 Å². The highest BCUT2D eigenvalue weighted by atomic mass is 16.5. The maximum atomic E-state index is 6.58. The molecule has 7 nitrogen and oxygen atoms in total. The van der Waals surface area contributed by atoms with Crippen LogP contribution in [0.2, 0.25) is 0 Å². The molecule has 5 rings (SSSR count). The fourth-order valence-electron chi connectivity index (χ4n) is 4.92. The Morgan fingerprint density at radius 1 is 1.20 bits per heavy atom. The summed E-state index contributed by atoms with van der Waals surface area (Å²) in [6, 6.07) is 11.2. The number of rotatable bonds is 4. The fourth-order valence-corrected chi connectivity index (χ4v) is 4.92. The van der Waals surface area contributed by atoms with Gasteiger partial charge in [0.1, 0.15) is 0 Å². The smallest absolute Gasteiger partial charge is 0.208 e. The van der Waals surface area contributed by atoms with Crippen LogP contribution in [0.15, 0.2) is 42.8 Å². The van der Waals surface area contributed by atoms with Crippen LogP contribution >= 0.6 is 0 Å². The maximum absolute atomic E-state index is 6.58. The zero-order chi connectivity index (χ0) is 24.7. The lowest BCUT2D eigenvalue weighted by Gasteiger charge is -2.26. The van der Waals surface area contributed by atoms with Crippen molar-refractivity contribution in [2.45, 2.75) is 58.5 Å². The monoisotopic (exact) mass is 472 g/mol. The van der Waals surface area contributed by atoms with E-state index in [1.807, 2.05) is 14.0 Å². The molecule has 2 aliphatic rings. The molecule has 1 aliphatic heterocycles. The molecule has 0 saturated heterocycles. The topological polar surface area (TPSA) is 67.2 Å². The Hall–Kier alpha value is -3.48. The summed E-state index contributed by atoms with van der Waals surface area (Å²) in [5, 5.41) is 6.74. The van der Waals surface area contributed by atoms with Gasteiger partial charge in [0, 0.05) is 60.8 Å². The molecule has 1 unspecified atom stereocenters. The molecular weight excluding hydrogens is 436 g/mol. The predicted molar refractivity (Wildman–Crippen MR) is 144 cm³/mol. The van der Waals surface area contributed by atoms with E-state index >= 15 is 0 Å². The van der Waals surface area contributed by atoms with Gasteiger partial charge in [0.25, 0.3) is 0 Å². The summed E-state index contributed by atoms with van der Waals surface area (Å²) in [6.45, 7) is 11.4. The van der Waals surface area contributed by atoms with Crippen LogP contribution in [0.5, 0.6) is 0 Å². The number of nitrogens with one attached hydrogen (secondary N) is 2. The van der Waals surface area contributed by atoms with Crippen molar-refractivity contribution in [1.29, 1.82) is 0 Å². The van der Waals surface area contributed by atoms with Crippen LogP contribution in [0, 0.1) is 6.92 Å². The van der Waals surface area contributed by atoms with Crippen LogP contribution in [-0.2, 0) is 4.74 Å². The highest BCUT2D eigenvalue weighted by Gasteiger charge is 2.31. The van der Waals surface area contributed by atoms with E-state index in [0.29, 0.717) is 12.6 Å². The second-order valence-corrected chi connectivity index (χ2v) is 9.71. The number of ether oxygens (including phenoxy) is 1. The lowest BCUT2D eigenvalue weighted by atomic mass is 10.0. The van der Waals surface area contributed by atoms with Crippen LogP contribution in [0.4, 0.5) is 11.6 Å². The minimum Gasteiger partial charge on any atom is -0.479 e. The molecule has 2 bridgehead atoms. The number of nitrogens with zero attached hydrogens (tertiary/aromatic N) is 4. The Balaban J connectivity index is 1.64. The van der Waals surface area contributed by atoms with Crippen molar-refractivity contribution in [2.24, 2.45) is 0 Å². The largest absolute Gasteiger partial charge is 0.479 e. The summed E-state index contributed by atoms with van der Waals surface area (Å²) in [7, 11) is 4.08. The molecule has 1 aliphatic carbocycles. The number of fused-ring (bicyclic) bond motifs is 5. The van der Waals surface area contributed by atoms with E-state index in [2.05, 4.69) is 77.9 Å². The summed E-state index contributed by atoms with van der Waals surface area (Å²) in [5.41, 5.74) is 7.94. The average Bonchev–Trinajstić information content (AvgIpc) is 3.63. The number of allylic oxidation sites excluding steroid dienone is 1. The van der Waals surface area contributed by atoms with Gasteiger partial charge < -0.3 is 24.8 Å². The van der Waals surface area contributed by atoms with Crippen LogP contribution < -0.4 is 10.6 Å². The van der Waals surface area contributed by atoms with Gasteiger partial charge in [0.05, 0.1) is 23.3 Å². The molecular formula is C28H36N6O. The Labute approximate surface area is 207 Å². The third-order valence-electron chi connectivity index (χ3n) is 7.09. The molecule has 0 spiro atoms. The minimum atomic E-state index is 0.178. The standard InChI is InChI=1S/C28H36N6O/c1-7-23-24-15-20(14-17(2)30-24)19(4)31-28-32-25-16-21(29-5)8-11-26(25)34(28)18(3)12-13-35-27(23)33(6)22-9-10-22/h8,11,14-16,18,22,29H,4,7,9-10,12-13H2,1-3,5-6H3,(H,31,32)/b27-23-. The second-order valence-electron chi connectivity index (χ2n) is 9.71. The first kappa shape index (κ1) is 23.3. The van der Waals surface area contributed by atoms with E-state index in [1.165, 1.54) is 12.8 Å². The van der Waals surface area contributed by atoms with Crippen molar-refractivity contribution in [1.82, 2.24) is 19.4 Å². The highest BCUT2D eigenvalue weighted by molar-refractivity contribution is 5.85. The van der Waals surface area contributed by atoms with Gasteiger partial charge in [-0.3, -0.25) is 4.98 Å². The number of imidazole rings is 1. The second kappa shape index (κ2) is 9.29. The molecule has 0 amide bonds. The van der Waals surface area contributed by atoms with E-state index in [-0.39, 0.29) is 6.04 Å². The summed E-state index contributed by atoms with van der Waals surface area (Å²) in [4.78, 5) is 12.2. The van der Waals surface area contributed by atoms with Gasteiger partial charge in [-0.05, 0) is 63.4 Å². The fraction of sp³-hybridized carbons (Fsp3) is 0.429. The molecule has 1 fully saturated rings. The van der Waals surface area contributed by atoms with Crippen LogP contribution in [0.25, 0.3) is 22.3 Å². The van der Waals surface area contributed by atoms with Crippen LogP contribution in [-0.4, -0.2) is 46.2 Å².